The summed E-state index contributed by atoms with van der Waals surface area (Å²) in [6, 6.07) is 68.4. The molecular formula is C48H31N3. The van der Waals surface area contributed by atoms with Crippen LogP contribution in [0.1, 0.15) is 0 Å². The summed E-state index contributed by atoms with van der Waals surface area (Å²) < 4.78 is 7.29. The second kappa shape index (κ2) is 10.8. The van der Waals surface area contributed by atoms with E-state index in [4.69, 9.17) is 0 Å². The van der Waals surface area contributed by atoms with Crippen molar-refractivity contribution in [3.63, 3.8) is 0 Å². The van der Waals surface area contributed by atoms with Crippen LogP contribution in [-0.4, -0.2) is 13.7 Å². The Morgan fingerprint density at radius 1 is 0.235 bits per heavy atom. The van der Waals surface area contributed by atoms with Crippen LogP contribution in [0.4, 0.5) is 0 Å². The lowest BCUT2D eigenvalue weighted by molar-refractivity contribution is 1.16. The van der Waals surface area contributed by atoms with E-state index in [0.717, 1.165) is 17.1 Å². The number of hydrogen-bond acceptors (Lipinski definition) is 0. The van der Waals surface area contributed by atoms with Gasteiger partial charge in [-0.3, -0.25) is 0 Å². The van der Waals surface area contributed by atoms with Crippen molar-refractivity contribution >= 4 is 65.4 Å². The lowest BCUT2D eigenvalue weighted by Gasteiger charge is -2.10. The van der Waals surface area contributed by atoms with Crippen molar-refractivity contribution in [1.29, 1.82) is 0 Å². The van der Waals surface area contributed by atoms with Gasteiger partial charge in [-0.15, -0.1) is 0 Å². The Balaban J connectivity index is 1.24. The van der Waals surface area contributed by atoms with Crippen molar-refractivity contribution in [3.05, 3.63) is 188 Å². The van der Waals surface area contributed by atoms with Gasteiger partial charge in [0.25, 0.3) is 0 Å². The maximum absolute atomic E-state index is 2.43. The molecule has 3 heteroatoms. The van der Waals surface area contributed by atoms with Gasteiger partial charge >= 0.3 is 0 Å². The summed E-state index contributed by atoms with van der Waals surface area (Å²) in [6.45, 7) is 0. The quantitative estimate of drug-likeness (QED) is 0.180. The zero-order chi connectivity index (χ0) is 33.5. The van der Waals surface area contributed by atoms with Crippen LogP contribution in [0.3, 0.4) is 0 Å². The van der Waals surface area contributed by atoms with Gasteiger partial charge in [-0.1, -0.05) is 115 Å². The van der Waals surface area contributed by atoms with Crippen LogP contribution in [0, 0.1) is 0 Å². The number of aromatic nitrogens is 3. The number of rotatable bonds is 4. The molecule has 0 fully saturated rings. The molecule has 3 heterocycles. The Morgan fingerprint density at radius 2 is 0.627 bits per heavy atom. The summed E-state index contributed by atoms with van der Waals surface area (Å²) in [5.74, 6) is 0. The lowest BCUT2D eigenvalue weighted by atomic mass is 10.0. The Hall–Kier alpha value is -6.84. The summed E-state index contributed by atoms with van der Waals surface area (Å²) >= 11 is 0. The van der Waals surface area contributed by atoms with Gasteiger partial charge in [0.2, 0.25) is 0 Å². The number of benzene rings is 8. The molecule has 3 aromatic heterocycles. The molecule has 0 bridgehead atoms. The number of fused-ring (bicyclic) bond motifs is 10. The molecule has 8 aromatic carbocycles. The van der Waals surface area contributed by atoms with Gasteiger partial charge in [0.1, 0.15) is 0 Å². The highest BCUT2D eigenvalue weighted by atomic mass is 15.0. The second-order valence-electron chi connectivity index (χ2n) is 13.4. The molecule has 0 amide bonds. The summed E-state index contributed by atoms with van der Waals surface area (Å²) in [4.78, 5) is 0. The smallest absolute Gasteiger partial charge is 0.0548 e. The van der Waals surface area contributed by atoms with Crippen molar-refractivity contribution < 1.29 is 0 Å². The minimum atomic E-state index is 1.15. The highest BCUT2D eigenvalue weighted by Gasteiger charge is 2.22. The molecule has 0 radical (unpaired) electrons. The van der Waals surface area contributed by atoms with E-state index >= 15 is 0 Å². The van der Waals surface area contributed by atoms with Crippen molar-refractivity contribution in [2.75, 3.05) is 0 Å². The molecule has 0 aliphatic carbocycles. The summed E-state index contributed by atoms with van der Waals surface area (Å²) in [6.07, 6.45) is 0. The first kappa shape index (κ1) is 28.0. The summed E-state index contributed by atoms with van der Waals surface area (Å²) in [5, 5.41) is 7.56. The normalized spacial score (nSPS) is 11.9. The Labute approximate surface area is 294 Å². The van der Waals surface area contributed by atoms with E-state index in [-0.39, 0.29) is 0 Å². The zero-order valence-corrected chi connectivity index (χ0v) is 27.7. The van der Waals surface area contributed by atoms with Crippen LogP contribution in [0.2, 0.25) is 0 Å². The maximum Gasteiger partial charge on any atom is 0.0548 e. The van der Waals surface area contributed by atoms with E-state index in [1.54, 1.807) is 0 Å². The lowest BCUT2D eigenvalue weighted by Crippen LogP contribution is -1.95. The molecule has 238 valence electrons. The SMILES string of the molecule is c1ccc(-c2ccc(-n3c4ccccc4c4c5c6cc(-n7c8ccccc8c8ccccc87)ccc6n(-c6ccccc6)c5ccc43)cc2)cc1. The number of para-hydroxylation sites is 4. The van der Waals surface area contributed by atoms with Gasteiger partial charge in [-0.05, 0) is 83.9 Å². The van der Waals surface area contributed by atoms with Crippen LogP contribution in [0.15, 0.2) is 188 Å². The van der Waals surface area contributed by atoms with E-state index in [1.165, 1.54) is 76.5 Å². The third-order valence-electron chi connectivity index (χ3n) is 10.6. The third-order valence-corrected chi connectivity index (χ3v) is 10.6. The van der Waals surface area contributed by atoms with Gasteiger partial charge in [0, 0.05) is 49.4 Å². The molecule has 3 nitrogen and oxygen atoms in total. The van der Waals surface area contributed by atoms with Crippen LogP contribution in [-0.2, 0) is 0 Å². The maximum atomic E-state index is 2.43. The minimum Gasteiger partial charge on any atom is -0.309 e. The average molecular weight is 650 g/mol. The van der Waals surface area contributed by atoms with Crippen molar-refractivity contribution in [1.82, 2.24) is 13.7 Å². The zero-order valence-electron chi connectivity index (χ0n) is 27.7. The first-order valence-corrected chi connectivity index (χ1v) is 17.5. The van der Waals surface area contributed by atoms with Gasteiger partial charge in [-0.2, -0.15) is 0 Å². The van der Waals surface area contributed by atoms with Crippen LogP contribution < -0.4 is 0 Å². The Bertz CT molecular complexity index is 3050. The third kappa shape index (κ3) is 4.06. The number of hydrogen-bond donors (Lipinski definition) is 0. The molecule has 0 spiro atoms. The first-order chi connectivity index (χ1) is 25.3. The first-order valence-electron chi connectivity index (χ1n) is 17.5. The van der Waals surface area contributed by atoms with Gasteiger partial charge in [0.05, 0.1) is 33.1 Å². The molecular weight excluding hydrogens is 619 g/mol. The van der Waals surface area contributed by atoms with Crippen LogP contribution >= 0.6 is 0 Å². The predicted octanol–water partition coefficient (Wildman–Crippen LogP) is 12.6. The van der Waals surface area contributed by atoms with Gasteiger partial charge in [-0.25, -0.2) is 0 Å². The van der Waals surface area contributed by atoms with Crippen molar-refractivity contribution in [3.8, 4) is 28.2 Å². The van der Waals surface area contributed by atoms with Crippen molar-refractivity contribution in [2.45, 2.75) is 0 Å². The minimum absolute atomic E-state index is 1.15. The molecule has 11 aromatic rings. The highest BCUT2D eigenvalue weighted by Crippen LogP contribution is 2.43. The molecule has 0 aliphatic rings. The molecule has 0 N–H and O–H groups in total. The number of nitrogens with zero attached hydrogens (tertiary/aromatic N) is 3. The van der Waals surface area contributed by atoms with E-state index in [1.807, 2.05) is 0 Å². The average Bonchev–Trinajstić information content (AvgIpc) is 3.84. The molecule has 0 unspecified atom stereocenters. The van der Waals surface area contributed by atoms with Crippen LogP contribution in [0.25, 0.3) is 93.6 Å². The Kier molecular flexibility index (Phi) is 5.96. The molecule has 0 saturated heterocycles. The van der Waals surface area contributed by atoms with E-state index < -0.39 is 0 Å². The monoisotopic (exact) mass is 649 g/mol. The molecule has 11 rings (SSSR count). The fraction of sp³-hybridized carbons (Fsp3) is 0. The second-order valence-corrected chi connectivity index (χ2v) is 13.4. The van der Waals surface area contributed by atoms with Gasteiger partial charge < -0.3 is 13.7 Å². The fourth-order valence-electron chi connectivity index (χ4n) is 8.46. The molecule has 0 saturated carbocycles. The predicted molar refractivity (Wildman–Crippen MR) is 215 cm³/mol. The topological polar surface area (TPSA) is 14.8 Å². The molecule has 51 heavy (non-hydrogen) atoms. The largest absolute Gasteiger partial charge is 0.309 e. The standard InChI is InChI=1S/C48H31N3/c1-3-13-32(14-4-1)33-23-25-35(26-24-33)50-43-22-12-9-19-39(43)47-45(50)29-30-46-48(47)40-31-36(27-28-44(40)49(46)34-15-5-2-6-16-34)51-41-20-10-7-17-37(41)38-18-8-11-21-42(38)51/h1-31H. The van der Waals surface area contributed by atoms with E-state index in [0.29, 0.717) is 0 Å². The fourth-order valence-corrected chi connectivity index (χ4v) is 8.46. The van der Waals surface area contributed by atoms with Crippen molar-refractivity contribution in [2.24, 2.45) is 0 Å². The summed E-state index contributed by atoms with van der Waals surface area (Å²) in [7, 11) is 0. The van der Waals surface area contributed by atoms with E-state index in [2.05, 4.69) is 202 Å². The highest BCUT2D eigenvalue weighted by molar-refractivity contribution is 6.29. The van der Waals surface area contributed by atoms with E-state index in [9.17, 15) is 0 Å². The molecule has 0 atom stereocenters. The Morgan fingerprint density at radius 3 is 1.25 bits per heavy atom. The molecule has 0 aliphatic heterocycles. The van der Waals surface area contributed by atoms with Gasteiger partial charge in [0.15, 0.2) is 0 Å². The van der Waals surface area contributed by atoms with Crippen LogP contribution in [0.5, 0.6) is 0 Å². The summed E-state index contributed by atoms with van der Waals surface area (Å²) in [5.41, 5.74) is 13.1.